The maximum atomic E-state index is 4.00. The number of hydrogen-bond donors (Lipinski definition) is 0. The van der Waals surface area contributed by atoms with Gasteiger partial charge >= 0.3 is 0 Å². The zero-order valence-electron chi connectivity index (χ0n) is 12.5. The fourth-order valence-electron chi connectivity index (χ4n) is 2.36. The summed E-state index contributed by atoms with van der Waals surface area (Å²) in [6.45, 7) is 8.71. The molecule has 1 saturated heterocycles. The van der Waals surface area contributed by atoms with Gasteiger partial charge in [0.25, 0.3) is 0 Å². The van der Waals surface area contributed by atoms with Crippen molar-refractivity contribution in [2.75, 3.05) is 39.8 Å². The Hall–Kier alpha value is -0.520. The number of rotatable bonds is 8. The molecule has 106 valence electrons. The molecule has 0 spiro atoms. The Bertz CT molecular complexity index is 181. The number of hydrogen-bond acceptors (Lipinski definition) is 2. The molecule has 18 heavy (non-hydrogen) atoms. The molecule has 0 atom stereocenters. The first kappa shape index (κ1) is 17.5. The van der Waals surface area contributed by atoms with E-state index in [4.69, 9.17) is 0 Å². The van der Waals surface area contributed by atoms with Crippen LogP contribution in [0.2, 0.25) is 0 Å². The third-order valence-corrected chi connectivity index (χ3v) is 3.67. The first-order valence-electron chi connectivity index (χ1n) is 7.57. The summed E-state index contributed by atoms with van der Waals surface area (Å²) in [7, 11) is 2.23. The molecule has 0 aromatic rings. The second kappa shape index (κ2) is 12.9. The van der Waals surface area contributed by atoms with E-state index in [0.717, 1.165) is 0 Å². The van der Waals surface area contributed by atoms with Crippen LogP contribution in [0.25, 0.3) is 0 Å². The standard InChI is InChI=1S/C14H30N2.C2H2/c1-3-4-5-6-7-8-9-10-16-13-11-15(2)12-14-16;1-2/h3-14H2,1-2H3;1-2H. The molecule has 1 fully saturated rings. The van der Waals surface area contributed by atoms with Gasteiger partial charge in [0, 0.05) is 26.2 Å². The van der Waals surface area contributed by atoms with E-state index in [1.807, 2.05) is 0 Å². The number of nitrogens with zero attached hydrogens (tertiary/aromatic N) is 2. The molecule has 0 saturated carbocycles. The fraction of sp³-hybridized carbons (Fsp3) is 0.875. The largest absolute Gasteiger partial charge is 0.304 e. The molecule has 0 bridgehead atoms. The monoisotopic (exact) mass is 252 g/mol. The molecular formula is C16H32N2. The Balaban J connectivity index is 0.00000137. The Morgan fingerprint density at radius 3 is 1.83 bits per heavy atom. The Morgan fingerprint density at radius 1 is 0.778 bits per heavy atom. The molecule has 1 aliphatic heterocycles. The maximum absolute atomic E-state index is 4.00. The molecule has 0 aromatic carbocycles. The van der Waals surface area contributed by atoms with Crippen molar-refractivity contribution in [1.82, 2.24) is 9.80 Å². The number of unbranched alkanes of at least 4 members (excludes halogenated alkanes) is 6. The van der Waals surface area contributed by atoms with Gasteiger partial charge in [0.15, 0.2) is 0 Å². The summed E-state index contributed by atoms with van der Waals surface area (Å²) in [5, 5.41) is 0. The topological polar surface area (TPSA) is 6.48 Å². The van der Waals surface area contributed by atoms with E-state index in [9.17, 15) is 0 Å². The third kappa shape index (κ3) is 9.50. The molecule has 0 aromatic heterocycles. The normalized spacial score (nSPS) is 17.1. The van der Waals surface area contributed by atoms with Gasteiger partial charge in [-0.2, -0.15) is 0 Å². The molecule has 1 rings (SSSR count). The highest BCUT2D eigenvalue weighted by Crippen LogP contribution is 2.08. The van der Waals surface area contributed by atoms with Gasteiger partial charge < -0.3 is 9.80 Å². The van der Waals surface area contributed by atoms with Crippen LogP contribution in [0, 0.1) is 12.8 Å². The summed E-state index contributed by atoms with van der Waals surface area (Å²) in [6, 6.07) is 0. The van der Waals surface area contributed by atoms with Crippen molar-refractivity contribution in [3.05, 3.63) is 0 Å². The Labute approximate surface area is 115 Å². The molecule has 0 amide bonds. The maximum Gasteiger partial charge on any atom is 0.0110 e. The number of likely N-dealkylation sites (N-methyl/N-ethyl adjacent to an activating group) is 1. The van der Waals surface area contributed by atoms with E-state index in [1.165, 1.54) is 77.7 Å². The minimum atomic E-state index is 1.26. The van der Waals surface area contributed by atoms with E-state index < -0.39 is 0 Å². The molecule has 0 aliphatic carbocycles. The SMILES string of the molecule is C#C.CCCCCCCCCN1CCN(C)CC1. The van der Waals surface area contributed by atoms with Crippen LogP contribution in [-0.4, -0.2) is 49.6 Å². The van der Waals surface area contributed by atoms with Gasteiger partial charge in [0.05, 0.1) is 0 Å². The van der Waals surface area contributed by atoms with Crippen LogP contribution in [0.5, 0.6) is 0 Å². The minimum absolute atomic E-state index is 1.26. The van der Waals surface area contributed by atoms with E-state index in [2.05, 4.69) is 36.6 Å². The van der Waals surface area contributed by atoms with Crippen molar-refractivity contribution in [2.45, 2.75) is 51.9 Å². The zero-order chi connectivity index (χ0) is 13.6. The van der Waals surface area contributed by atoms with Gasteiger partial charge in [-0.15, -0.1) is 12.8 Å². The van der Waals surface area contributed by atoms with Crippen molar-refractivity contribution >= 4 is 0 Å². The molecule has 1 aliphatic rings. The predicted octanol–water partition coefficient (Wildman–Crippen LogP) is 3.23. The summed E-state index contributed by atoms with van der Waals surface area (Å²) in [5.74, 6) is 0. The molecular weight excluding hydrogens is 220 g/mol. The van der Waals surface area contributed by atoms with E-state index in [0.29, 0.717) is 0 Å². The van der Waals surface area contributed by atoms with Gasteiger partial charge in [0.1, 0.15) is 0 Å². The van der Waals surface area contributed by atoms with Gasteiger partial charge in [-0.25, -0.2) is 0 Å². The molecule has 0 unspecified atom stereocenters. The first-order valence-corrected chi connectivity index (χ1v) is 7.57. The summed E-state index contributed by atoms with van der Waals surface area (Å²) < 4.78 is 0. The third-order valence-electron chi connectivity index (χ3n) is 3.67. The lowest BCUT2D eigenvalue weighted by molar-refractivity contribution is 0.152. The molecule has 2 heteroatoms. The summed E-state index contributed by atoms with van der Waals surface area (Å²) >= 11 is 0. The van der Waals surface area contributed by atoms with Crippen molar-refractivity contribution in [1.29, 1.82) is 0 Å². The smallest absolute Gasteiger partial charge is 0.0110 e. The molecule has 0 radical (unpaired) electrons. The highest BCUT2D eigenvalue weighted by molar-refractivity contribution is 4.68. The van der Waals surface area contributed by atoms with E-state index >= 15 is 0 Å². The zero-order valence-corrected chi connectivity index (χ0v) is 12.5. The second-order valence-corrected chi connectivity index (χ2v) is 5.27. The van der Waals surface area contributed by atoms with E-state index in [-0.39, 0.29) is 0 Å². The number of terminal acetylenes is 1. The quantitative estimate of drug-likeness (QED) is 0.483. The second-order valence-electron chi connectivity index (χ2n) is 5.27. The van der Waals surface area contributed by atoms with Gasteiger partial charge in [-0.1, -0.05) is 45.4 Å². The van der Waals surface area contributed by atoms with Crippen LogP contribution in [0.3, 0.4) is 0 Å². The van der Waals surface area contributed by atoms with Gasteiger partial charge in [-0.3, -0.25) is 0 Å². The fourth-order valence-corrected chi connectivity index (χ4v) is 2.36. The highest BCUT2D eigenvalue weighted by atomic mass is 15.2. The lowest BCUT2D eigenvalue weighted by Gasteiger charge is -2.32. The van der Waals surface area contributed by atoms with Crippen LogP contribution >= 0.6 is 0 Å². The summed E-state index contributed by atoms with van der Waals surface area (Å²) in [5.41, 5.74) is 0. The Morgan fingerprint density at radius 2 is 1.28 bits per heavy atom. The summed E-state index contributed by atoms with van der Waals surface area (Å²) in [4.78, 5) is 5.06. The minimum Gasteiger partial charge on any atom is -0.304 e. The Kier molecular flexibility index (Phi) is 12.6. The lowest BCUT2D eigenvalue weighted by atomic mass is 10.1. The first-order chi connectivity index (χ1) is 8.83. The predicted molar refractivity (Wildman–Crippen MR) is 81.8 cm³/mol. The van der Waals surface area contributed by atoms with Crippen LogP contribution in [0.4, 0.5) is 0 Å². The van der Waals surface area contributed by atoms with Crippen LogP contribution in [0.1, 0.15) is 51.9 Å². The molecule has 0 N–H and O–H groups in total. The van der Waals surface area contributed by atoms with Crippen molar-refractivity contribution < 1.29 is 0 Å². The average molecular weight is 252 g/mol. The highest BCUT2D eigenvalue weighted by Gasteiger charge is 2.12. The van der Waals surface area contributed by atoms with Gasteiger partial charge in [0.2, 0.25) is 0 Å². The van der Waals surface area contributed by atoms with Crippen molar-refractivity contribution in [2.24, 2.45) is 0 Å². The van der Waals surface area contributed by atoms with Gasteiger partial charge in [-0.05, 0) is 20.0 Å². The van der Waals surface area contributed by atoms with Crippen LogP contribution < -0.4 is 0 Å². The van der Waals surface area contributed by atoms with E-state index in [1.54, 1.807) is 0 Å². The molecule has 2 nitrogen and oxygen atoms in total. The summed E-state index contributed by atoms with van der Waals surface area (Å²) in [6.07, 6.45) is 18.0. The number of piperazine rings is 1. The molecule has 1 heterocycles. The van der Waals surface area contributed by atoms with Crippen molar-refractivity contribution in [3.8, 4) is 12.8 Å². The average Bonchev–Trinajstić information content (AvgIpc) is 2.42. The van der Waals surface area contributed by atoms with Crippen molar-refractivity contribution in [3.63, 3.8) is 0 Å². The van der Waals surface area contributed by atoms with Crippen LogP contribution in [-0.2, 0) is 0 Å². The van der Waals surface area contributed by atoms with Crippen LogP contribution in [0.15, 0.2) is 0 Å². The lowest BCUT2D eigenvalue weighted by Crippen LogP contribution is -2.44.